The van der Waals surface area contributed by atoms with Crippen molar-refractivity contribution >= 4 is 5.91 Å². The minimum Gasteiger partial charge on any atom is -0.368 e. The molecule has 0 saturated heterocycles. The van der Waals surface area contributed by atoms with Gasteiger partial charge in [0.25, 0.3) is 0 Å². The lowest BCUT2D eigenvalue weighted by molar-refractivity contribution is -0.125. The maximum atomic E-state index is 11.4. The lowest BCUT2D eigenvalue weighted by Crippen LogP contribution is -2.58. The van der Waals surface area contributed by atoms with Crippen LogP contribution in [0.5, 0.6) is 0 Å². The van der Waals surface area contributed by atoms with Crippen LogP contribution in [0.4, 0.5) is 0 Å². The summed E-state index contributed by atoms with van der Waals surface area (Å²) in [6.07, 6.45) is 3.51. The molecule has 2 unspecified atom stereocenters. The van der Waals surface area contributed by atoms with Crippen molar-refractivity contribution in [2.45, 2.75) is 58.0 Å². The number of rotatable bonds is 3. The number of nitrogens with two attached hydrogens (primary N) is 2. The molecule has 1 rings (SSSR count). The van der Waals surface area contributed by atoms with E-state index in [1.165, 1.54) is 0 Å². The van der Waals surface area contributed by atoms with Crippen molar-refractivity contribution in [3.05, 3.63) is 0 Å². The van der Waals surface area contributed by atoms with E-state index in [1.54, 1.807) is 0 Å². The van der Waals surface area contributed by atoms with Crippen molar-refractivity contribution in [1.82, 2.24) is 4.90 Å². The van der Waals surface area contributed by atoms with Gasteiger partial charge in [0.15, 0.2) is 0 Å². The van der Waals surface area contributed by atoms with Crippen LogP contribution in [0.3, 0.4) is 0 Å². The van der Waals surface area contributed by atoms with E-state index >= 15 is 0 Å². The molecular formula is C13H27N3O. The largest absolute Gasteiger partial charge is 0.368 e. The Morgan fingerprint density at radius 1 is 1.47 bits per heavy atom. The molecule has 0 aliphatic heterocycles. The van der Waals surface area contributed by atoms with Gasteiger partial charge in [0.2, 0.25) is 5.91 Å². The molecular weight excluding hydrogens is 214 g/mol. The Morgan fingerprint density at radius 2 is 2.06 bits per heavy atom. The fourth-order valence-corrected chi connectivity index (χ4v) is 2.76. The molecule has 1 aliphatic carbocycles. The second kappa shape index (κ2) is 4.94. The van der Waals surface area contributed by atoms with Gasteiger partial charge in [-0.25, -0.2) is 0 Å². The highest BCUT2D eigenvalue weighted by molar-refractivity contribution is 5.84. The van der Waals surface area contributed by atoms with Gasteiger partial charge in [0.1, 0.15) is 0 Å². The highest BCUT2D eigenvalue weighted by Gasteiger charge is 2.39. The first-order valence-electron chi connectivity index (χ1n) is 6.43. The summed E-state index contributed by atoms with van der Waals surface area (Å²) in [6.45, 7) is 7.66. The van der Waals surface area contributed by atoms with Crippen LogP contribution >= 0.6 is 0 Å². The third kappa shape index (κ3) is 3.96. The van der Waals surface area contributed by atoms with E-state index in [1.807, 2.05) is 0 Å². The van der Waals surface area contributed by atoms with Gasteiger partial charge in [0.05, 0.1) is 5.54 Å². The van der Waals surface area contributed by atoms with Crippen LogP contribution in [0.25, 0.3) is 0 Å². The highest BCUT2D eigenvalue weighted by atomic mass is 16.1. The zero-order valence-corrected chi connectivity index (χ0v) is 11.6. The molecule has 4 nitrogen and oxygen atoms in total. The number of nitrogens with zero attached hydrogens (tertiary/aromatic N) is 1. The van der Waals surface area contributed by atoms with Gasteiger partial charge in [-0.1, -0.05) is 20.8 Å². The Labute approximate surface area is 105 Å². The SMILES string of the molecule is CN(CC(C)(C)C)C1CCCC(N)(C(N)=O)C1. The number of primary amides is 1. The van der Waals surface area contributed by atoms with Crippen LogP contribution in [0, 0.1) is 5.41 Å². The summed E-state index contributed by atoms with van der Waals surface area (Å²) in [7, 11) is 2.11. The van der Waals surface area contributed by atoms with Crippen LogP contribution < -0.4 is 11.5 Å². The smallest absolute Gasteiger partial charge is 0.237 e. The quantitative estimate of drug-likeness (QED) is 0.777. The maximum Gasteiger partial charge on any atom is 0.237 e. The first kappa shape index (κ1) is 14.5. The molecule has 0 aromatic carbocycles. The summed E-state index contributed by atoms with van der Waals surface area (Å²) in [5.41, 5.74) is 11.0. The topological polar surface area (TPSA) is 72.3 Å². The molecule has 1 aliphatic rings. The first-order valence-corrected chi connectivity index (χ1v) is 6.43. The molecule has 100 valence electrons. The van der Waals surface area contributed by atoms with Crippen molar-refractivity contribution in [1.29, 1.82) is 0 Å². The summed E-state index contributed by atoms with van der Waals surface area (Å²) in [5, 5.41) is 0. The lowest BCUT2D eigenvalue weighted by atomic mass is 9.78. The zero-order chi connectivity index (χ0) is 13.3. The third-order valence-electron chi connectivity index (χ3n) is 3.60. The normalized spacial score (nSPS) is 30.6. The van der Waals surface area contributed by atoms with E-state index in [9.17, 15) is 4.79 Å². The number of hydrogen-bond acceptors (Lipinski definition) is 3. The van der Waals surface area contributed by atoms with Crippen LogP contribution in [0.2, 0.25) is 0 Å². The number of carbonyl (C=O) groups is 1. The van der Waals surface area contributed by atoms with Crippen LogP contribution in [0.1, 0.15) is 46.5 Å². The van der Waals surface area contributed by atoms with Crippen molar-refractivity contribution in [3.8, 4) is 0 Å². The minimum absolute atomic E-state index is 0.260. The van der Waals surface area contributed by atoms with Gasteiger partial charge < -0.3 is 16.4 Å². The van der Waals surface area contributed by atoms with Crippen LogP contribution in [-0.4, -0.2) is 36.0 Å². The van der Waals surface area contributed by atoms with Gasteiger partial charge in [-0.2, -0.15) is 0 Å². The predicted octanol–water partition coefficient (Wildman–Crippen LogP) is 1.09. The predicted molar refractivity (Wildman–Crippen MR) is 70.5 cm³/mol. The fraction of sp³-hybridized carbons (Fsp3) is 0.923. The summed E-state index contributed by atoms with van der Waals surface area (Å²) >= 11 is 0. The molecule has 0 radical (unpaired) electrons. The van der Waals surface area contributed by atoms with Crippen molar-refractivity contribution in [2.24, 2.45) is 16.9 Å². The molecule has 0 aromatic rings. The van der Waals surface area contributed by atoms with E-state index in [0.29, 0.717) is 12.5 Å². The number of hydrogen-bond donors (Lipinski definition) is 2. The summed E-state index contributed by atoms with van der Waals surface area (Å²) < 4.78 is 0. The molecule has 4 heteroatoms. The van der Waals surface area contributed by atoms with Crippen molar-refractivity contribution in [2.75, 3.05) is 13.6 Å². The minimum atomic E-state index is -0.797. The molecule has 0 heterocycles. The van der Waals surface area contributed by atoms with E-state index in [4.69, 9.17) is 11.5 Å². The third-order valence-corrected chi connectivity index (χ3v) is 3.60. The Bertz CT molecular complexity index is 285. The highest BCUT2D eigenvalue weighted by Crippen LogP contribution is 2.30. The van der Waals surface area contributed by atoms with Crippen molar-refractivity contribution in [3.63, 3.8) is 0 Å². The average molecular weight is 241 g/mol. The summed E-state index contributed by atoms with van der Waals surface area (Å²) in [6, 6.07) is 0.375. The van der Waals surface area contributed by atoms with Gasteiger partial charge >= 0.3 is 0 Å². The molecule has 1 fully saturated rings. The monoisotopic (exact) mass is 241 g/mol. The van der Waals surface area contributed by atoms with Gasteiger partial charge in [-0.05, 0) is 38.1 Å². The van der Waals surface area contributed by atoms with E-state index in [-0.39, 0.29) is 11.3 Å². The second-order valence-corrected chi connectivity index (χ2v) is 6.75. The molecule has 2 atom stereocenters. The number of amides is 1. The Kier molecular flexibility index (Phi) is 4.20. The van der Waals surface area contributed by atoms with E-state index in [2.05, 4.69) is 32.7 Å². The molecule has 1 saturated carbocycles. The molecule has 0 bridgehead atoms. The van der Waals surface area contributed by atoms with Gasteiger partial charge in [-0.3, -0.25) is 4.79 Å². The Hall–Kier alpha value is -0.610. The lowest BCUT2D eigenvalue weighted by Gasteiger charge is -2.41. The van der Waals surface area contributed by atoms with Gasteiger partial charge in [0, 0.05) is 12.6 Å². The fourth-order valence-electron chi connectivity index (χ4n) is 2.76. The molecule has 17 heavy (non-hydrogen) atoms. The summed E-state index contributed by atoms with van der Waals surface area (Å²) in [4.78, 5) is 13.7. The standard InChI is InChI=1S/C13H27N3O/c1-12(2,3)9-16(4)10-6-5-7-13(15,8-10)11(14)17/h10H,5-9,15H2,1-4H3,(H2,14,17). The van der Waals surface area contributed by atoms with Crippen LogP contribution in [-0.2, 0) is 4.79 Å². The molecule has 4 N–H and O–H groups in total. The van der Waals surface area contributed by atoms with E-state index in [0.717, 1.165) is 25.8 Å². The Balaban J connectivity index is 2.64. The van der Waals surface area contributed by atoms with Crippen LogP contribution in [0.15, 0.2) is 0 Å². The average Bonchev–Trinajstić information content (AvgIpc) is 2.15. The van der Waals surface area contributed by atoms with Gasteiger partial charge in [-0.15, -0.1) is 0 Å². The molecule has 1 amide bonds. The second-order valence-electron chi connectivity index (χ2n) is 6.75. The zero-order valence-electron chi connectivity index (χ0n) is 11.6. The maximum absolute atomic E-state index is 11.4. The Morgan fingerprint density at radius 3 is 2.53 bits per heavy atom. The molecule has 0 spiro atoms. The first-order chi connectivity index (χ1) is 7.64. The molecule has 0 aromatic heterocycles. The number of carbonyl (C=O) groups excluding carboxylic acids is 1. The van der Waals surface area contributed by atoms with Crippen molar-refractivity contribution < 1.29 is 4.79 Å². The van der Waals surface area contributed by atoms with E-state index < -0.39 is 5.54 Å². The summed E-state index contributed by atoms with van der Waals surface area (Å²) in [5.74, 6) is -0.355.